The minimum Gasteiger partial charge on any atom is -0.377 e. The zero-order valence-electron chi connectivity index (χ0n) is 14.5. The second kappa shape index (κ2) is 6.85. The molecule has 0 spiro atoms. The van der Waals surface area contributed by atoms with E-state index in [9.17, 15) is 0 Å². The van der Waals surface area contributed by atoms with Gasteiger partial charge in [-0.2, -0.15) is 5.26 Å². The molecule has 1 fully saturated rings. The number of anilines is 1. The van der Waals surface area contributed by atoms with Gasteiger partial charge in [0.1, 0.15) is 5.82 Å². The Morgan fingerprint density at radius 3 is 3.16 bits per heavy atom. The number of hydrogen-bond donors (Lipinski definition) is 1. The van der Waals surface area contributed by atoms with Gasteiger partial charge in [-0.1, -0.05) is 13.3 Å². The first kappa shape index (κ1) is 16.1. The van der Waals surface area contributed by atoms with Crippen LogP contribution in [0, 0.1) is 23.2 Å². The van der Waals surface area contributed by atoms with Crippen molar-refractivity contribution in [1.82, 2.24) is 14.5 Å². The largest absolute Gasteiger partial charge is 0.377 e. The van der Waals surface area contributed by atoms with Crippen LogP contribution in [0.25, 0.3) is 17.2 Å². The van der Waals surface area contributed by atoms with Crippen LogP contribution in [0.1, 0.15) is 32.6 Å². The molecule has 3 heterocycles. The van der Waals surface area contributed by atoms with Crippen LogP contribution >= 0.6 is 0 Å². The van der Waals surface area contributed by atoms with Gasteiger partial charge in [0.05, 0.1) is 37.1 Å². The highest BCUT2D eigenvalue weighted by Gasteiger charge is 2.38. The van der Waals surface area contributed by atoms with E-state index < -0.39 is 0 Å². The van der Waals surface area contributed by atoms with Gasteiger partial charge in [0.15, 0.2) is 5.82 Å². The monoisotopic (exact) mass is 337 g/mol. The van der Waals surface area contributed by atoms with Crippen molar-refractivity contribution in [2.45, 2.75) is 38.7 Å². The highest BCUT2D eigenvalue weighted by Crippen LogP contribution is 2.44. The van der Waals surface area contributed by atoms with Gasteiger partial charge in [-0.15, -0.1) is 0 Å². The van der Waals surface area contributed by atoms with Crippen molar-refractivity contribution in [3.8, 4) is 17.6 Å². The summed E-state index contributed by atoms with van der Waals surface area (Å²) in [6, 6.07) is 4.19. The second-order valence-corrected chi connectivity index (χ2v) is 6.79. The van der Waals surface area contributed by atoms with Crippen molar-refractivity contribution in [2.75, 3.05) is 18.5 Å². The summed E-state index contributed by atoms with van der Waals surface area (Å²) < 4.78 is 8.24. The Morgan fingerprint density at radius 1 is 1.40 bits per heavy atom. The molecule has 0 saturated heterocycles. The van der Waals surface area contributed by atoms with Crippen molar-refractivity contribution in [2.24, 2.45) is 11.8 Å². The molecule has 130 valence electrons. The molecule has 0 amide bonds. The van der Waals surface area contributed by atoms with E-state index in [1.807, 2.05) is 18.5 Å². The van der Waals surface area contributed by atoms with Crippen molar-refractivity contribution in [3.05, 3.63) is 24.5 Å². The number of fused-ring (bicyclic) bond motifs is 3. The lowest BCUT2D eigenvalue weighted by molar-refractivity contribution is 0.0586. The molecule has 0 aromatic heterocycles. The zero-order chi connectivity index (χ0) is 17.2. The molecule has 1 aliphatic carbocycles. The first-order valence-electron chi connectivity index (χ1n) is 9.07. The van der Waals surface area contributed by atoms with Crippen LogP contribution in [0.2, 0.25) is 0 Å². The lowest BCUT2D eigenvalue weighted by Crippen LogP contribution is -2.23. The van der Waals surface area contributed by atoms with Crippen molar-refractivity contribution < 1.29 is 4.74 Å². The Bertz CT molecular complexity index is 790. The highest BCUT2D eigenvalue weighted by atomic mass is 16.5. The number of rotatable bonds is 5. The predicted octanol–water partition coefficient (Wildman–Crippen LogP) is 3.38. The van der Waals surface area contributed by atoms with E-state index in [0.29, 0.717) is 24.9 Å². The van der Waals surface area contributed by atoms with Gasteiger partial charge in [-0.05, 0) is 30.9 Å². The molecule has 0 unspecified atom stereocenters. The second-order valence-electron chi connectivity index (χ2n) is 6.79. The summed E-state index contributed by atoms with van der Waals surface area (Å²) >= 11 is 0. The van der Waals surface area contributed by atoms with E-state index in [0.717, 1.165) is 43.1 Å². The molecule has 0 radical (unpaired) electrons. The van der Waals surface area contributed by atoms with Crippen LogP contribution in [-0.4, -0.2) is 33.8 Å². The lowest BCUT2D eigenvalue weighted by atomic mass is 9.89. The minimum absolute atomic E-state index is 0.248. The van der Waals surface area contributed by atoms with Gasteiger partial charge in [0, 0.05) is 24.4 Å². The fourth-order valence-corrected chi connectivity index (χ4v) is 4.27. The number of allylic oxidation sites excluding steroid dienone is 1. The fourth-order valence-electron chi connectivity index (χ4n) is 4.27. The van der Waals surface area contributed by atoms with Gasteiger partial charge in [-0.25, -0.2) is 9.97 Å². The molecule has 4 aliphatic rings. The first-order chi connectivity index (χ1) is 12.3. The summed E-state index contributed by atoms with van der Waals surface area (Å²) in [5, 5.41) is 12.1. The fraction of sp³-hybridized carbons (Fsp3) is 0.526. The molecule has 25 heavy (non-hydrogen) atoms. The third kappa shape index (κ3) is 2.89. The highest BCUT2D eigenvalue weighted by molar-refractivity contribution is 5.70. The molecule has 3 aliphatic heterocycles. The van der Waals surface area contributed by atoms with Gasteiger partial charge in [-0.3, -0.25) is 4.57 Å². The van der Waals surface area contributed by atoms with Crippen LogP contribution in [0.5, 0.6) is 0 Å². The molecule has 0 bridgehead atoms. The quantitative estimate of drug-likeness (QED) is 0.847. The Labute approximate surface area is 147 Å². The van der Waals surface area contributed by atoms with Gasteiger partial charge in [0.2, 0.25) is 0 Å². The number of aromatic nitrogens is 3. The van der Waals surface area contributed by atoms with Gasteiger partial charge >= 0.3 is 0 Å². The molecule has 0 aromatic rings. The number of ether oxygens (including phenoxy) is 1. The average Bonchev–Trinajstić information content (AvgIpc) is 3.28. The predicted molar refractivity (Wildman–Crippen MR) is 95.9 cm³/mol. The average molecular weight is 337 g/mol. The van der Waals surface area contributed by atoms with Crippen molar-refractivity contribution in [1.29, 1.82) is 5.26 Å². The molecule has 0 aromatic carbocycles. The smallest absolute Gasteiger partial charge is 0.176 e. The van der Waals surface area contributed by atoms with E-state index in [1.54, 1.807) is 0 Å². The van der Waals surface area contributed by atoms with Crippen LogP contribution in [0.15, 0.2) is 24.5 Å². The lowest BCUT2D eigenvalue weighted by Gasteiger charge is -2.30. The number of nitrogens with zero attached hydrogens (tertiary/aromatic N) is 4. The summed E-state index contributed by atoms with van der Waals surface area (Å²) in [5.74, 6) is 2.87. The molecule has 1 N–H and O–H groups in total. The molecule has 3 atom stereocenters. The number of nitriles is 1. The summed E-state index contributed by atoms with van der Waals surface area (Å²) in [5.41, 5.74) is 2.40. The maximum Gasteiger partial charge on any atom is 0.176 e. The Morgan fingerprint density at radius 2 is 2.32 bits per heavy atom. The maximum atomic E-state index is 8.72. The first-order valence-corrected chi connectivity index (χ1v) is 9.07. The van der Waals surface area contributed by atoms with Crippen molar-refractivity contribution in [3.63, 3.8) is 0 Å². The molecule has 4 rings (SSSR count). The molecular weight excluding hydrogens is 314 g/mol. The molecule has 6 heteroatoms. The van der Waals surface area contributed by atoms with E-state index in [4.69, 9.17) is 10.00 Å². The SMILES string of the molecule is CC[C@@H]1C[C@H](OCCC#N)C[C@@H]1C1=CCNc2cnc3nccc-3n21. The van der Waals surface area contributed by atoms with Gasteiger partial charge < -0.3 is 10.1 Å². The topological polar surface area (TPSA) is 75.8 Å². The molecule has 1 saturated carbocycles. The minimum atomic E-state index is 0.248. The Hall–Kier alpha value is -2.39. The number of nitrogens with one attached hydrogen (secondary N) is 1. The molecular formula is C19H23N5O. The van der Waals surface area contributed by atoms with E-state index in [2.05, 4.69) is 38.9 Å². The summed E-state index contributed by atoms with van der Waals surface area (Å²) in [7, 11) is 0. The summed E-state index contributed by atoms with van der Waals surface area (Å²) in [6.45, 7) is 3.62. The third-order valence-corrected chi connectivity index (χ3v) is 5.43. The van der Waals surface area contributed by atoms with E-state index in [-0.39, 0.29) is 6.10 Å². The standard InChI is InChI=1S/C19H23N5O/c1-2-13-10-14(25-9-3-6-20)11-15(13)16-4-7-21-18-12-23-19-17(24(16)18)5-8-22-19/h4-5,8,12-15,21H,2-3,7,9-11H2,1H3/t13-,14+,15+/m1/s1. The summed E-state index contributed by atoms with van der Waals surface area (Å²) in [4.78, 5) is 8.79. The normalized spacial score (nSPS) is 25.3. The zero-order valence-corrected chi connectivity index (χ0v) is 14.5. The Balaban J connectivity index is 1.63. The molecule has 6 nitrogen and oxygen atoms in total. The van der Waals surface area contributed by atoms with E-state index in [1.165, 1.54) is 5.70 Å². The van der Waals surface area contributed by atoms with Crippen LogP contribution in [-0.2, 0) is 4.74 Å². The van der Waals surface area contributed by atoms with Crippen molar-refractivity contribution >= 4 is 11.5 Å². The van der Waals surface area contributed by atoms with Gasteiger partial charge in [0.25, 0.3) is 0 Å². The van der Waals surface area contributed by atoms with Crippen LogP contribution in [0.4, 0.5) is 5.82 Å². The third-order valence-electron chi connectivity index (χ3n) is 5.43. The number of hydrogen-bond acceptors (Lipinski definition) is 5. The maximum absolute atomic E-state index is 8.72. The Kier molecular flexibility index (Phi) is 4.41. The summed E-state index contributed by atoms with van der Waals surface area (Å²) in [6.07, 6.45) is 9.92. The van der Waals surface area contributed by atoms with E-state index >= 15 is 0 Å². The van der Waals surface area contributed by atoms with Crippen LogP contribution in [0.3, 0.4) is 0 Å². The van der Waals surface area contributed by atoms with Crippen LogP contribution < -0.4 is 5.32 Å².